The number of nitrogens with one attached hydrogen (secondary N) is 1. The van der Waals surface area contributed by atoms with Crippen LogP contribution in [0.5, 0.6) is 11.5 Å². The van der Waals surface area contributed by atoms with E-state index in [0.29, 0.717) is 4.77 Å². The lowest BCUT2D eigenvalue weighted by Gasteiger charge is -2.04. The second-order valence-corrected chi connectivity index (χ2v) is 4.75. The molecule has 1 N–H and O–H groups in total. The molecular formula is C13H14N4O2S. The molecule has 2 aromatic rings. The van der Waals surface area contributed by atoms with Crippen molar-refractivity contribution in [2.75, 3.05) is 6.79 Å². The van der Waals surface area contributed by atoms with E-state index in [0.717, 1.165) is 35.0 Å². The summed E-state index contributed by atoms with van der Waals surface area (Å²) in [6.07, 6.45) is 0.755. The molecule has 0 saturated carbocycles. The molecule has 0 unspecified atom stereocenters. The molecule has 2 heterocycles. The number of H-pyrrole nitrogens is 1. The SMILES string of the molecule is CCc1n[nH]c(=S)n1/N=C(\C)c1ccc2c(c1)OCO2. The molecule has 0 saturated heterocycles. The predicted molar refractivity (Wildman–Crippen MR) is 77.0 cm³/mol. The number of aromatic amines is 1. The highest BCUT2D eigenvalue weighted by Crippen LogP contribution is 2.32. The monoisotopic (exact) mass is 290 g/mol. The Hall–Kier alpha value is -2.15. The van der Waals surface area contributed by atoms with Crippen LogP contribution in [0.3, 0.4) is 0 Å². The van der Waals surface area contributed by atoms with Crippen molar-refractivity contribution in [1.29, 1.82) is 0 Å². The molecule has 1 aliphatic heterocycles. The Morgan fingerprint density at radius 2 is 2.25 bits per heavy atom. The van der Waals surface area contributed by atoms with Gasteiger partial charge in [-0.15, -0.1) is 0 Å². The Labute approximate surface area is 121 Å². The first-order valence-electron chi connectivity index (χ1n) is 6.31. The van der Waals surface area contributed by atoms with E-state index >= 15 is 0 Å². The Balaban J connectivity index is 1.99. The number of rotatable bonds is 3. The van der Waals surface area contributed by atoms with Crippen LogP contribution in [0.15, 0.2) is 23.3 Å². The summed E-state index contributed by atoms with van der Waals surface area (Å²) in [4.78, 5) is 0. The number of benzene rings is 1. The van der Waals surface area contributed by atoms with Gasteiger partial charge in [-0.25, -0.2) is 0 Å². The van der Waals surface area contributed by atoms with Gasteiger partial charge in [-0.3, -0.25) is 5.10 Å². The molecule has 0 bridgehead atoms. The number of fused-ring (bicyclic) bond motifs is 1. The first-order chi connectivity index (χ1) is 9.69. The molecule has 0 radical (unpaired) electrons. The summed E-state index contributed by atoms with van der Waals surface area (Å²) in [7, 11) is 0. The van der Waals surface area contributed by atoms with Gasteiger partial charge < -0.3 is 9.47 Å². The average Bonchev–Trinajstić information content (AvgIpc) is 3.05. The third-order valence-electron chi connectivity index (χ3n) is 3.07. The number of nitrogens with zero attached hydrogens (tertiary/aromatic N) is 3. The topological polar surface area (TPSA) is 64.4 Å². The molecule has 1 aromatic carbocycles. The maximum Gasteiger partial charge on any atom is 0.231 e. The van der Waals surface area contributed by atoms with Gasteiger partial charge in [0.15, 0.2) is 17.3 Å². The summed E-state index contributed by atoms with van der Waals surface area (Å²) < 4.78 is 12.8. The second-order valence-electron chi connectivity index (χ2n) is 4.36. The van der Waals surface area contributed by atoms with Crippen LogP contribution < -0.4 is 9.47 Å². The zero-order valence-electron chi connectivity index (χ0n) is 11.2. The lowest BCUT2D eigenvalue weighted by molar-refractivity contribution is 0.174. The van der Waals surface area contributed by atoms with Gasteiger partial charge in [0.1, 0.15) is 0 Å². The van der Waals surface area contributed by atoms with Crippen molar-refractivity contribution in [3.8, 4) is 11.5 Å². The minimum atomic E-state index is 0.266. The van der Waals surface area contributed by atoms with Crippen molar-refractivity contribution in [2.45, 2.75) is 20.3 Å². The van der Waals surface area contributed by atoms with Gasteiger partial charge in [0, 0.05) is 12.0 Å². The van der Waals surface area contributed by atoms with Crippen molar-refractivity contribution in [3.63, 3.8) is 0 Å². The molecule has 6 nitrogen and oxygen atoms in total. The third kappa shape index (κ3) is 2.20. The van der Waals surface area contributed by atoms with Gasteiger partial charge in [0.2, 0.25) is 11.6 Å². The first kappa shape index (κ1) is 12.9. The van der Waals surface area contributed by atoms with E-state index in [9.17, 15) is 0 Å². The van der Waals surface area contributed by atoms with E-state index in [4.69, 9.17) is 21.7 Å². The van der Waals surface area contributed by atoms with E-state index in [1.54, 1.807) is 4.68 Å². The fourth-order valence-electron chi connectivity index (χ4n) is 1.99. The Bertz CT molecular complexity index is 732. The van der Waals surface area contributed by atoms with E-state index in [1.807, 2.05) is 32.0 Å². The predicted octanol–water partition coefficient (Wildman–Crippen LogP) is 2.50. The summed E-state index contributed by atoms with van der Waals surface area (Å²) in [5.74, 6) is 2.30. The lowest BCUT2D eigenvalue weighted by Crippen LogP contribution is -2.03. The smallest absolute Gasteiger partial charge is 0.231 e. The standard InChI is InChI=1S/C13H14N4O2S/c1-3-12-14-15-13(20)17(12)16-8(2)9-4-5-10-11(6-9)19-7-18-10/h4-6H,3,7H2,1-2H3,(H,15,20)/b16-8+. The first-order valence-corrected chi connectivity index (χ1v) is 6.71. The van der Waals surface area contributed by atoms with Gasteiger partial charge in [-0.2, -0.15) is 14.9 Å². The molecule has 0 fully saturated rings. The molecule has 3 rings (SSSR count). The zero-order valence-corrected chi connectivity index (χ0v) is 12.0. The van der Waals surface area contributed by atoms with E-state index < -0.39 is 0 Å². The summed E-state index contributed by atoms with van der Waals surface area (Å²) in [6.45, 7) is 4.19. The summed E-state index contributed by atoms with van der Waals surface area (Å²) in [6, 6.07) is 5.74. The van der Waals surface area contributed by atoms with Crippen LogP contribution >= 0.6 is 12.2 Å². The number of hydrogen-bond acceptors (Lipinski definition) is 5. The van der Waals surface area contributed by atoms with Crippen LogP contribution in [0.4, 0.5) is 0 Å². The fourth-order valence-corrected chi connectivity index (χ4v) is 2.18. The fraction of sp³-hybridized carbons (Fsp3) is 0.308. The maximum atomic E-state index is 5.37. The van der Waals surface area contributed by atoms with Gasteiger partial charge >= 0.3 is 0 Å². The molecule has 1 aliphatic rings. The molecule has 1 aromatic heterocycles. The van der Waals surface area contributed by atoms with Crippen molar-refractivity contribution in [3.05, 3.63) is 34.4 Å². The minimum absolute atomic E-state index is 0.266. The second kappa shape index (κ2) is 5.09. The highest BCUT2D eigenvalue weighted by Gasteiger charge is 2.14. The Kier molecular flexibility index (Phi) is 3.27. The number of aryl methyl sites for hydroxylation is 1. The van der Waals surface area contributed by atoms with Gasteiger partial charge in [0.25, 0.3) is 0 Å². The summed E-state index contributed by atoms with van der Waals surface area (Å²) in [5.41, 5.74) is 1.79. The van der Waals surface area contributed by atoms with Crippen molar-refractivity contribution < 1.29 is 9.47 Å². The van der Waals surface area contributed by atoms with Crippen LogP contribution in [0.2, 0.25) is 0 Å². The molecule has 0 atom stereocenters. The van der Waals surface area contributed by atoms with Crippen LogP contribution in [0.1, 0.15) is 25.2 Å². The third-order valence-corrected chi connectivity index (χ3v) is 3.34. The normalized spacial score (nSPS) is 13.8. The van der Waals surface area contributed by atoms with Crippen LogP contribution in [0.25, 0.3) is 0 Å². The van der Waals surface area contributed by atoms with Crippen molar-refractivity contribution in [2.24, 2.45) is 5.10 Å². The largest absolute Gasteiger partial charge is 0.454 e. The molecular weight excluding hydrogens is 276 g/mol. The molecule has 0 spiro atoms. The van der Waals surface area contributed by atoms with Crippen LogP contribution in [-0.2, 0) is 6.42 Å². The van der Waals surface area contributed by atoms with Gasteiger partial charge in [-0.05, 0) is 37.3 Å². The summed E-state index contributed by atoms with van der Waals surface area (Å²) >= 11 is 5.18. The van der Waals surface area contributed by atoms with E-state index in [2.05, 4.69) is 15.3 Å². The molecule has 7 heteroatoms. The van der Waals surface area contributed by atoms with Crippen molar-refractivity contribution >= 4 is 17.9 Å². The number of hydrogen-bond donors (Lipinski definition) is 1. The van der Waals surface area contributed by atoms with Gasteiger partial charge in [-0.1, -0.05) is 6.92 Å². The molecule has 0 amide bonds. The summed E-state index contributed by atoms with van der Waals surface area (Å²) in [5, 5.41) is 11.4. The lowest BCUT2D eigenvalue weighted by atomic mass is 10.1. The van der Waals surface area contributed by atoms with Crippen molar-refractivity contribution in [1.82, 2.24) is 14.9 Å². The molecule has 20 heavy (non-hydrogen) atoms. The maximum absolute atomic E-state index is 5.37. The minimum Gasteiger partial charge on any atom is -0.454 e. The van der Waals surface area contributed by atoms with Crippen LogP contribution in [-0.4, -0.2) is 27.4 Å². The van der Waals surface area contributed by atoms with Crippen LogP contribution in [0, 0.1) is 4.77 Å². The molecule has 104 valence electrons. The highest BCUT2D eigenvalue weighted by atomic mass is 32.1. The highest BCUT2D eigenvalue weighted by molar-refractivity contribution is 7.71. The Morgan fingerprint density at radius 1 is 1.45 bits per heavy atom. The molecule has 0 aliphatic carbocycles. The van der Waals surface area contributed by atoms with Gasteiger partial charge in [0.05, 0.1) is 5.71 Å². The number of aromatic nitrogens is 3. The average molecular weight is 290 g/mol. The van der Waals surface area contributed by atoms with E-state index in [-0.39, 0.29) is 6.79 Å². The Morgan fingerprint density at radius 3 is 3.05 bits per heavy atom. The quantitative estimate of drug-likeness (QED) is 0.697. The zero-order chi connectivity index (χ0) is 14.1. The van der Waals surface area contributed by atoms with E-state index in [1.165, 1.54) is 0 Å². The number of ether oxygens (including phenoxy) is 2.